The first-order chi connectivity index (χ1) is 17.7. The summed E-state index contributed by atoms with van der Waals surface area (Å²) in [6.07, 6.45) is 3.49. The van der Waals surface area contributed by atoms with Gasteiger partial charge >= 0.3 is 0 Å². The Morgan fingerprint density at radius 2 is 1.86 bits per heavy atom. The maximum absolute atomic E-state index is 13.5. The summed E-state index contributed by atoms with van der Waals surface area (Å²) in [5, 5.41) is 9.90. The van der Waals surface area contributed by atoms with Crippen LogP contribution >= 0.6 is 24.0 Å². The Kier molecular flexibility index (Phi) is 8.53. The Bertz CT molecular complexity index is 1320. The number of hydrogen-bond donors (Lipinski definition) is 0. The van der Waals surface area contributed by atoms with Crippen LogP contribution in [0.15, 0.2) is 40.0 Å². The highest BCUT2D eigenvalue weighted by Crippen LogP contribution is 2.37. The molecule has 0 saturated carbocycles. The number of aromatic nitrogens is 1. The third kappa shape index (κ3) is 5.66. The van der Waals surface area contributed by atoms with Crippen LogP contribution in [0.4, 0.5) is 5.82 Å². The molecule has 0 aliphatic carbocycles. The number of pyridine rings is 1. The monoisotopic (exact) mass is 536 g/mol. The highest BCUT2D eigenvalue weighted by molar-refractivity contribution is 8.26. The molecule has 2 saturated heterocycles. The van der Waals surface area contributed by atoms with Gasteiger partial charge in [-0.15, -0.1) is 0 Å². The zero-order valence-electron chi connectivity index (χ0n) is 21.7. The number of rotatable bonds is 7. The van der Waals surface area contributed by atoms with E-state index < -0.39 is 0 Å². The molecule has 2 aliphatic rings. The number of carbonyl (C=O) groups excluding carboxylic acids is 1. The van der Waals surface area contributed by atoms with Gasteiger partial charge in [-0.25, -0.2) is 0 Å². The maximum atomic E-state index is 13.5. The van der Waals surface area contributed by atoms with E-state index in [9.17, 15) is 14.9 Å². The third-order valence-corrected chi connectivity index (χ3v) is 8.01. The summed E-state index contributed by atoms with van der Waals surface area (Å²) < 4.78 is 8.17. The van der Waals surface area contributed by atoms with E-state index in [0.29, 0.717) is 46.5 Å². The molecule has 1 amide bonds. The number of unbranched alkanes of at least 4 members (excludes halogenated alkanes) is 1. The van der Waals surface area contributed by atoms with Crippen LogP contribution in [-0.4, -0.2) is 45.0 Å². The summed E-state index contributed by atoms with van der Waals surface area (Å²) in [5.41, 5.74) is 2.11. The number of carbonyl (C=O) groups is 1. The Hall–Kier alpha value is -2.93. The van der Waals surface area contributed by atoms with Gasteiger partial charge in [0.25, 0.3) is 11.5 Å². The molecule has 4 rings (SSSR count). The summed E-state index contributed by atoms with van der Waals surface area (Å²) in [5.74, 6) is 0.572. The lowest BCUT2D eigenvalue weighted by atomic mass is 10.0. The average Bonchev–Trinajstić information content (AvgIpc) is 3.12. The molecule has 2 aromatic rings. The van der Waals surface area contributed by atoms with Crippen molar-refractivity contribution in [2.75, 3.05) is 18.0 Å². The number of nitriles is 1. The number of amides is 1. The van der Waals surface area contributed by atoms with E-state index in [1.54, 1.807) is 16.4 Å². The van der Waals surface area contributed by atoms with Crippen molar-refractivity contribution >= 4 is 46.1 Å². The van der Waals surface area contributed by atoms with Gasteiger partial charge in [0, 0.05) is 25.2 Å². The molecule has 2 fully saturated rings. The van der Waals surface area contributed by atoms with E-state index in [1.807, 2.05) is 50.3 Å². The van der Waals surface area contributed by atoms with Gasteiger partial charge in [-0.05, 0) is 44.4 Å². The number of thiocarbonyl (C=S) groups is 1. The molecule has 0 bridgehead atoms. The lowest BCUT2D eigenvalue weighted by molar-refractivity contribution is -0.122. The van der Waals surface area contributed by atoms with Crippen LogP contribution in [-0.2, 0) is 22.6 Å². The van der Waals surface area contributed by atoms with Crippen molar-refractivity contribution in [3.8, 4) is 6.07 Å². The molecule has 194 valence electrons. The summed E-state index contributed by atoms with van der Waals surface area (Å²) >= 11 is 6.83. The first-order valence-electron chi connectivity index (χ1n) is 12.6. The number of ether oxygens (including phenoxy) is 1. The SMILES string of the molecule is CCCCn1c(N2CC(C)OC(C)C2)c(/C=C2/SC(=S)N(Cc3ccccc3)C2=O)c(C)c(C#N)c1=O. The van der Waals surface area contributed by atoms with E-state index in [0.717, 1.165) is 24.2 Å². The Balaban J connectivity index is 1.85. The molecule has 7 nitrogen and oxygen atoms in total. The predicted molar refractivity (Wildman–Crippen MR) is 152 cm³/mol. The van der Waals surface area contributed by atoms with Crippen molar-refractivity contribution in [3.63, 3.8) is 0 Å². The molecule has 9 heteroatoms. The number of anilines is 1. The Labute approximate surface area is 227 Å². The second-order valence-corrected chi connectivity index (χ2v) is 11.3. The summed E-state index contributed by atoms with van der Waals surface area (Å²) in [6.45, 7) is 10.00. The first-order valence-corrected chi connectivity index (χ1v) is 13.8. The standard InChI is InChI=1S/C28H32N4O3S2/c1-5-6-12-31-25(30-15-18(2)35-19(3)16-30)22(20(4)23(14-29)26(31)33)13-24-27(34)32(28(36)37-24)17-21-10-8-7-9-11-21/h7-11,13,18-19H,5-6,12,15-17H2,1-4H3/b24-13+. The predicted octanol–water partition coefficient (Wildman–Crippen LogP) is 4.84. The van der Waals surface area contributed by atoms with Gasteiger partial charge in [-0.3, -0.25) is 19.1 Å². The van der Waals surface area contributed by atoms with Crippen LogP contribution in [0.3, 0.4) is 0 Å². The van der Waals surface area contributed by atoms with E-state index in [2.05, 4.69) is 17.9 Å². The molecule has 0 N–H and O–H groups in total. The van der Waals surface area contributed by atoms with E-state index in [1.165, 1.54) is 11.8 Å². The first kappa shape index (κ1) is 27.1. The van der Waals surface area contributed by atoms with Crippen LogP contribution < -0.4 is 10.5 Å². The molecular weight excluding hydrogens is 504 g/mol. The second kappa shape index (κ2) is 11.6. The molecule has 2 unspecified atom stereocenters. The van der Waals surface area contributed by atoms with Crippen LogP contribution in [0.1, 0.15) is 55.9 Å². The van der Waals surface area contributed by atoms with Gasteiger partial charge in [0.2, 0.25) is 0 Å². The van der Waals surface area contributed by atoms with Gasteiger partial charge in [0.15, 0.2) is 0 Å². The van der Waals surface area contributed by atoms with Gasteiger partial charge in [-0.1, -0.05) is 67.7 Å². The fourth-order valence-corrected chi connectivity index (χ4v) is 6.13. The largest absolute Gasteiger partial charge is 0.372 e. The second-order valence-electron chi connectivity index (χ2n) is 9.58. The molecule has 37 heavy (non-hydrogen) atoms. The minimum absolute atomic E-state index is 0.0219. The Morgan fingerprint density at radius 1 is 1.19 bits per heavy atom. The van der Waals surface area contributed by atoms with E-state index >= 15 is 0 Å². The Morgan fingerprint density at radius 3 is 2.49 bits per heavy atom. The minimum atomic E-state index is -0.288. The van der Waals surface area contributed by atoms with Crippen molar-refractivity contribution in [1.82, 2.24) is 9.47 Å². The van der Waals surface area contributed by atoms with Crippen LogP contribution in [0.5, 0.6) is 0 Å². The van der Waals surface area contributed by atoms with Crippen molar-refractivity contribution in [3.05, 3.63) is 67.8 Å². The lowest BCUT2D eigenvalue weighted by Gasteiger charge is -2.39. The third-order valence-electron chi connectivity index (χ3n) is 6.63. The van der Waals surface area contributed by atoms with Gasteiger partial charge in [-0.2, -0.15) is 5.26 Å². The van der Waals surface area contributed by atoms with Gasteiger partial charge in [0.1, 0.15) is 21.8 Å². The zero-order chi connectivity index (χ0) is 26.7. The number of morpholine rings is 1. The van der Waals surface area contributed by atoms with E-state index in [4.69, 9.17) is 17.0 Å². The van der Waals surface area contributed by atoms with Gasteiger partial charge in [0.05, 0.1) is 23.7 Å². The molecular formula is C28H32N4O3S2. The molecule has 2 atom stereocenters. The van der Waals surface area contributed by atoms with E-state index in [-0.39, 0.29) is 29.2 Å². The molecule has 2 aliphatic heterocycles. The molecule has 1 aromatic heterocycles. The maximum Gasteiger partial charge on any atom is 0.270 e. The van der Waals surface area contributed by atoms with Crippen molar-refractivity contribution in [1.29, 1.82) is 5.26 Å². The normalized spacial score (nSPS) is 21.1. The lowest BCUT2D eigenvalue weighted by Crippen LogP contribution is -2.48. The topological polar surface area (TPSA) is 78.6 Å². The highest BCUT2D eigenvalue weighted by atomic mass is 32.2. The summed E-state index contributed by atoms with van der Waals surface area (Å²) in [4.78, 5) is 31.2. The van der Waals surface area contributed by atoms with Crippen molar-refractivity contribution in [2.45, 2.75) is 65.8 Å². The van der Waals surface area contributed by atoms with Crippen molar-refractivity contribution in [2.24, 2.45) is 0 Å². The molecule has 0 radical (unpaired) electrons. The number of benzene rings is 1. The molecule has 3 heterocycles. The minimum Gasteiger partial charge on any atom is -0.372 e. The zero-order valence-corrected chi connectivity index (χ0v) is 23.3. The number of thioether (sulfide) groups is 1. The van der Waals surface area contributed by atoms with Gasteiger partial charge < -0.3 is 9.64 Å². The number of nitrogens with zero attached hydrogens (tertiary/aromatic N) is 4. The van der Waals surface area contributed by atoms with Crippen LogP contribution in [0.2, 0.25) is 0 Å². The summed E-state index contributed by atoms with van der Waals surface area (Å²) in [6, 6.07) is 11.9. The number of hydrogen-bond acceptors (Lipinski definition) is 7. The molecule has 0 spiro atoms. The quantitative estimate of drug-likeness (QED) is 0.370. The smallest absolute Gasteiger partial charge is 0.270 e. The van der Waals surface area contributed by atoms with Crippen LogP contribution in [0, 0.1) is 18.3 Å². The fraction of sp³-hybridized carbons (Fsp3) is 0.429. The van der Waals surface area contributed by atoms with Crippen LogP contribution in [0.25, 0.3) is 6.08 Å². The average molecular weight is 537 g/mol. The highest BCUT2D eigenvalue weighted by Gasteiger charge is 2.34. The summed E-state index contributed by atoms with van der Waals surface area (Å²) in [7, 11) is 0. The molecule has 1 aromatic carbocycles. The fourth-order valence-electron chi connectivity index (χ4n) is 4.89. The van der Waals surface area contributed by atoms with Crippen molar-refractivity contribution < 1.29 is 9.53 Å².